The molecule has 2 rings (SSSR count). The van der Waals surface area contributed by atoms with E-state index in [0.29, 0.717) is 13.1 Å². The van der Waals surface area contributed by atoms with Crippen molar-refractivity contribution in [2.45, 2.75) is 12.8 Å². The van der Waals surface area contributed by atoms with E-state index in [-0.39, 0.29) is 11.8 Å². The van der Waals surface area contributed by atoms with E-state index >= 15 is 0 Å². The SMILES string of the molecule is O=[SH](=O)CNCCc1ccc(-c2ccc(CCNC[SH](=O)=O)cc2)cc1. The van der Waals surface area contributed by atoms with Crippen molar-refractivity contribution >= 4 is 21.4 Å². The Labute approximate surface area is 157 Å². The van der Waals surface area contributed by atoms with Crippen LogP contribution in [0.15, 0.2) is 48.5 Å². The minimum atomic E-state index is -2.37. The van der Waals surface area contributed by atoms with Crippen molar-refractivity contribution in [2.24, 2.45) is 0 Å². The average Bonchev–Trinajstić information content (AvgIpc) is 2.63. The third kappa shape index (κ3) is 7.65. The normalized spacial score (nSPS) is 11.3. The topological polar surface area (TPSA) is 92.3 Å². The van der Waals surface area contributed by atoms with Crippen LogP contribution < -0.4 is 10.6 Å². The molecule has 2 N–H and O–H groups in total. The number of hydrogen-bond acceptors (Lipinski definition) is 6. The van der Waals surface area contributed by atoms with Gasteiger partial charge in [0.1, 0.15) is 0 Å². The van der Waals surface area contributed by atoms with Gasteiger partial charge in [-0.15, -0.1) is 0 Å². The maximum atomic E-state index is 10.5. The summed E-state index contributed by atoms with van der Waals surface area (Å²) in [5, 5.41) is 5.76. The van der Waals surface area contributed by atoms with E-state index in [1.54, 1.807) is 0 Å². The molecule has 0 spiro atoms. The highest BCUT2D eigenvalue weighted by atomic mass is 32.2. The summed E-state index contributed by atoms with van der Waals surface area (Å²) in [5.41, 5.74) is 4.55. The third-order valence-corrected chi connectivity index (χ3v) is 4.87. The molecule has 0 unspecified atom stereocenters. The average molecular weight is 397 g/mol. The Morgan fingerprint density at radius 2 is 0.923 bits per heavy atom. The Morgan fingerprint density at radius 1 is 0.577 bits per heavy atom. The molecule has 0 aliphatic rings. The lowest BCUT2D eigenvalue weighted by atomic mass is 10.0. The zero-order valence-electron chi connectivity index (χ0n) is 14.4. The molecule has 0 radical (unpaired) electrons. The van der Waals surface area contributed by atoms with Crippen LogP contribution >= 0.6 is 0 Å². The second kappa shape index (κ2) is 11.1. The highest BCUT2D eigenvalue weighted by Crippen LogP contribution is 2.20. The summed E-state index contributed by atoms with van der Waals surface area (Å²) in [4.78, 5) is 0. The fraction of sp³-hybridized carbons (Fsp3) is 0.333. The molecule has 2 aromatic rings. The Kier molecular flexibility index (Phi) is 8.76. The summed E-state index contributed by atoms with van der Waals surface area (Å²) >= 11 is 0. The van der Waals surface area contributed by atoms with Crippen molar-refractivity contribution < 1.29 is 16.8 Å². The minimum absolute atomic E-state index is 0.0184. The predicted molar refractivity (Wildman–Crippen MR) is 106 cm³/mol. The maximum absolute atomic E-state index is 10.5. The first-order chi connectivity index (χ1) is 12.5. The molecule has 0 aliphatic carbocycles. The molecule has 0 fully saturated rings. The summed E-state index contributed by atoms with van der Waals surface area (Å²) in [6, 6.07) is 16.4. The molecule has 142 valence electrons. The van der Waals surface area contributed by atoms with E-state index < -0.39 is 21.4 Å². The van der Waals surface area contributed by atoms with Gasteiger partial charge >= 0.3 is 0 Å². The first-order valence-corrected chi connectivity index (χ1v) is 11.1. The van der Waals surface area contributed by atoms with Crippen molar-refractivity contribution in [1.82, 2.24) is 10.6 Å². The molecule has 0 heterocycles. The van der Waals surface area contributed by atoms with Crippen LogP contribution in [0.5, 0.6) is 0 Å². The van der Waals surface area contributed by atoms with E-state index in [1.165, 1.54) is 0 Å². The first kappa shape index (κ1) is 20.6. The molecule has 26 heavy (non-hydrogen) atoms. The van der Waals surface area contributed by atoms with E-state index in [9.17, 15) is 16.8 Å². The number of rotatable bonds is 11. The van der Waals surface area contributed by atoms with Gasteiger partial charge in [0.05, 0.1) is 11.8 Å². The lowest BCUT2D eigenvalue weighted by Gasteiger charge is -2.07. The second-order valence-corrected chi connectivity index (χ2v) is 7.84. The predicted octanol–water partition coefficient (Wildman–Crippen LogP) is 0.756. The minimum Gasteiger partial charge on any atom is -0.304 e. The highest BCUT2D eigenvalue weighted by molar-refractivity contribution is 7.72. The van der Waals surface area contributed by atoms with Crippen molar-refractivity contribution in [3.05, 3.63) is 59.7 Å². The van der Waals surface area contributed by atoms with Gasteiger partial charge in [0.2, 0.25) is 0 Å². The Balaban J connectivity index is 1.84. The van der Waals surface area contributed by atoms with Gasteiger partial charge in [-0.25, -0.2) is 16.8 Å². The van der Waals surface area contributed by atoms with Crippen molar-refractivity contribution in [1.29, 1.82) is 0 Å². The number of nitrogens with one attached hydrogen (secondary N) is 2. The number of benzene rings is 2. The van der Waals surface area contributed by atoms with Crippen LogP contribution in [-0.4, -0.2) is 41.7 Å². The smallest absolute Gasteiger partial charge is 0.153 e. The number of thiol groups is 2. The summed E-state index contributed by atoms with van der Waals surface area (Å²) in [6.07, 6.45) is 1.56. The van der Waals surface area contributed by atoms with E-state index in [0.717, 1.165) is 35.1 Å². The van der Waals surface area contributed by atoms with E-state index in [1.807, 2.05) is 0 Å². The molecule has 0 amide bonds. The van der Waals surface area contributed by atoms with Crippen molar-refractivity contribution in [2.75, 3.05) is 24.8 Å². The standard InChI is InChI=1S/C18H24N2O4S2/c21-25(22)13-19-11-9-15-1-5-17(6-2-15)18-7-3-16(4-8-18)10-12-20-14-26(23)24/h1-8,19-20,25-26H,9-14H2. The van der Waals surface area contributed by atoms with Gasteiger partial charge in [0, 0.05) is 13.1 Å². The summed E-state index contributed by atoms with van der Waals surface area (Å²) in [7, 11) is -4.74. The van der Waals surface area contributed by atoms with Crippen LogP contribution in [0.25, 0.3) is 11.1 Å². The Bertz CT molecular complexity index is 742. The lowest BCUT2D eigenvalue weighted by Crippen LogP contribution is -2.19. The monoisotopic (exact) mass is 396 g/mol. The second-order valence-electron chi connectivity index (χ2n) is 5.88. The summed E-state index contributed by atoms with van der Waals surface area (Å²) in [5.74, 6) is 0.0368. The fourth-order valence-corrected chi connectivity index (χ4v) is 3.22. The molecule has 6 nitrogen and oxygen atoms in total. The maximum Gasteiger partial charge on any atom is 0.153 e. The molecule has 8 heteroatoms. The quantitative estimate of drug-likeness (QED) is 0.331. The summed E-state index contributed by atoms with van der Waals surface area (Å²) < 4.78 is 41.9. The van der Waals surface area contributed by atoms with Gasteiger partial charge in [-0.2, -0.15) is 0 Å². The van der Waals surface area contributed by atoms with Crippen molar-refractivity contribution in [3.8, 4) is 11.1 Å². The summed E-state index contributed by atoms with van der Waals surface area (Å²) in [6.45, 7) is 1.26. The van der Waals surface area contributed by atoms with Crippen LogP contribution in [0.1, 0.15) is 11.1 Å². The lowest BCUT2D eigenvalue weighted by molar-refractivity contribution is 0.604. The van der Waals surface area contributed by atoms with Gasteiger partial charge in [-0.1, -0.05) is 48.5 Å². The molecule has 0 saturated heterocycles. The van der Waals surface area contributed by atoms with Crippen LogP contribution in [0.2, 0.25) is 0 Å². The molecule has 0 aliphatic heterocycles. The van der Waals surface area contributed by atoms with Crippen molar-refractivity contribution in [3.63, 3.8) is 0 Å². The first-order valence-electron chi connectivity index (χ1n) is 8.38. The van der Waals surface area contributed by atoms with Crippen LogP contribution in [0.3, 0.4) is 0 Å². The molecule has 0 aromatic heterocycles. The van der Waals surface area contributed by atoms with E-state index in [4.69, 9.17) is 0 Å². The van der Waals surface area contributed by atoms with Crippen LogP contribution in [0, 0.1) is 0 Å². The van der Waals surface area contributed by atoms with Crippen LogP contribution in [0.4, 0.5) is 0 Å². The molecule has 0 bridgehead atoms. The largest absolute Gasteiger partial charge is 0.304 e. The number of hydrogen-bond donors (Lipinski definition) is 4. The zero-order valence-corrected chi connectivity index (χ0v) is 16.2. The molecular formula is C18H24N2O4S2. The van der Waals surface area contributed by atoms with Gasteiger partial charge in [0.15, 0.2) is 21.4 Å². The van der Waals surface area contributed by atoms with E-state index in [2.05, 4.69) is 59.2 Å². The fourth-order valence-electron chi connectivity index (χ4n) is 2.53. The molecule has 2 aromatic carbocycles. The Morgan fingerprint density at radius 3 is 1.23 bits per heavy atom. The molecular weight excluding hydrogens is 372 g/mol. The molecule has 0 saturated carbocycles. The third-order valence-electron chi connectivity index (χ3n) is 3.90. The van der Waals surface area contributed by atoms with Gasteiger partial charge in [-0.3, -0.25) is 0 Å². The van der Waals surface area contributed by atoms with Gasteiger partial charge in [-0.05, 0) is 35.1 Å². The highest BCUT2D eigenvalue weighted by Gasteiger charge is 2.00. The Hall–Kier alpha value is -1.74. The molecule has 0 atom stereocenters. The zero-order chi connectivity index (χ0) is 18.8. The van der Waals surface area contributed by atoms with Gasteiger partial charge in [0.25, 0.3) is 0 Å². The van der Waals surface area contributed by atoms with Gasteiger partial charge < -0.3 is 10.6 Å². The van der Waals surface area contributed by atoms with Crippen LogP contribution in [-0.2, 0) is 34.2 Å².